The second kappa shape index (κ2) is 6.12. The van der Waals surface area contributed by atoms with Crippen molar-refractivity contribution in [3.05, 3.63) is 40.6 Å². The number of aryl methyl sites for hydroxylation is 3. The maximum absolute atomic E-state index is 10.5. The van der Waals surface area contributed by atoms with Crippen LogP contribution in [-0.2, 0) is 12.8 Å². The van der Waals surface area contributed by atoms with Gasteiger partial charge in [0.1, 0.15) is 0 Å². The van der Waals surface area contributed by atoms with Gasteiger partial charge in [0.25, 0.3) is 0 Å². The maximum Gasteiger partial charge on any atom is 0.217 e. The van der Waals surface area contributed by atoms with E-state index < -0.39 is 0 Å². The van der Waals surface area contributed by atoms with Gasteiger partial charge in [-0.2, -0.15) is 5.10 Å². The van der Waals surface area contributed by atoms with Gasteiger partial charge in [-0.05, 0) is 49.9 Å². The molecule has 0 aliphatic carbocycles. The Morgan fingerprint density at radius 1 is 1.05 bits per heavy atom. The fourth-order valence-corrected chi connectivity index (χ4v) is 2.47. The van der Waals surface area contributed by atoms with Crippen LogP contribution in [-0.4, -0.2) is 14.9 Å². The van der Waals surface area contributed by atoms with Crippen LogP contribution < -0.4 is 0 Å². The molecule has 0 atom stereocenters. The third-order valence-corrected chi connectivity index (χ3v) is 3.76. The summed E-state index contributed by atoms with van der Waals surface area (Å²) in [6.07, 6.45) is 3.86. The lowest BCUT2D eigenvalue weighted by Gasteiger charge is -2.06. The maximum atomic E-state index is 10.5. The van der Waals surface area contributed by atoms with E-state index in [1.165, 1.54) is 11.1 Å². The molecule has 0 aliphatic heterocycles. The van der Waals surface area contributed by atoms with E-state index in [1.54, 1.807) is 4.68 Å². The van der Waals surface area contributed by atoms with E-state index in [9.17, 15) is 5.11 Å². The summed E-state index contributed by atoms with van der Waals surface area (Å²) in [5.74, 6) is 0.304. The number of aromatic hydroxyl groups is 1. The standard InChI is InChI=1S/C17H24N2O/c1-5-7-15-16(8-6-2)18-19(17(15)20)14-10-9-12(3)13(4)11-14/h9-11,20H,5-8H2,1-4H3. The summed E-state index contributed by atoms with van der Waals surface area (Å²) in [5, 5.41) is 15.1. The third-order valence-electron chi connectivity index (χ3n) is 3.76. The van der Waals surface area contributed by atoms with Crippen molar-refractivity contribution in [1.29, 1.82) is 0 Å². The molecule has 20 heavy (non-hydrogen) atoms. The van der Waals surface area contributed by atoms with Crippen LogP contribution in [0, 0.1) is 13.8 Å². The summed E-state index contributed by atoms with van der Waals surface area (Å²) in [6, 6.07) is 6.17. The molecule has 1 heterocycles. The zero-order valence-electron chi connectivity index (χ0n) is 12.9. The van der Waals surface area contributed by atoms with Crippen molar-refractivity contribution in [2.24, 2.45) is 0 Å². The van der Waals surface area contributed by atoms with Crippen LogP contribution in [0.3, 0.4) is 0 Å². The van der Waals surface area contributed by atoms with E-state index >= 15 is 0 Å². The average molecular weight is 272 g/mol. The molecular formula is C17H24N2O. The fraction of sp³-hybridized carbons (Fsp3) is 0.471. The largest absolute Gasteiger partial charge is 0.493 e. The van der Waals surface area contributed by atoms with Crippen molar-refractivity contribution >= 4 is 0 Å². The molecule has 0 saturated heterocycles. The number of aromatic nitrogens is 2. The molecule has 0 fully saturated rings. The Morgan fingerprint density at radius 2 is 1.75 bits per heavy atom. The first-order chi connectivity index (χ1) is 9.58. The molecule has 0 spiro atoms. The van der Waals surface area contributed by atoms with Gasteiger partial charge in [0.05, 0.1) is 11.4 Å². The molecule has 0 aliphatic rings. The molecule has 1 aromatic heterocycles. The molecule has 2 rings (SSSR count). The topological polar surface area (TPSA) is 38.0 Å². The van der Waals surface area contributed by atoms with Crippen molar-refractivity contribution in [3.63, 3.8) is 0 Å². The Labute approximate surface area is 121 Å². The highest BCUT2D eigenvalue weighted by atomic mass is 16.3. The minimum atomic E-state index is 0.304. The quantitative estimate of drug-likeness (QED) is 0.890. The monoisotopic (exact) mass is 272 g/mol. The lowest BCUT2D eigenvalue weighted by Crippen LogP contribution is -1.98. The van der Waals surface area contributed by atoms with Crippen molar-refractivity contribution in [3.8, 4) is 11.6 Å². The van der Waals surface area contributed by atoms with Crippen molar-refractivity contribution in [1.82, 2.24) is 9.78 Å². The lowest BCUT2D eigenvalue weighted by atomic mass is 10.1. The molecule has 3 heteroatoms. The van der Waals surface area contributed by atoms with E-state index in [-0.39, 0.29) is 0 Å². The molecule has 2 aromatic rings. The zero-order chi connectivity index (χ0) is 14.7. The van der Waals surface area contributed by atoms with Gasteiger partial charge in [-0.3, -0.25) is 0 Å². The van der Waals surface area contributed by atoms with Gasteiger partial charge in [0, 0.05) is 5.56 Å². The molecule has 0 bridgehead atoms. The van der Waals surface area contributed by atoms with Crippen LogP contribution in [0.15, 0.2) is 18.2 Å². The highest BCUT2D eigenvalue weighted by molar-refractivity contribution is 5.44. The fourth-order valence-electron chi connectivity index (χ4n) is 2.47. The molecule has 3 nitrogen and oxygen atoms in total. The van der Waals surface area contributed by atoms with Crippen LogP contribution in [0.2, 0.25) is 0 Å². The first-order valence-electron chi connectivity index (χ1n) is 7.45. The predicted octanol–water partition coefficient (Wildman–Crippen LogP) is 4.10. The number of rotatable bonds is 5. The normalized spacial score (nSPS) is 11.0. The molecule has 0 unspecified atom stereocenters. The molecular weight excluding hydrogens is 248 g/mol. The van der Waals surface area contributed by atoms with Crippen molar-refractivity contribution in [2.45, 2.75) is 53.4 Å². The van der Waals surface area contributed by atoms with Crippen molar-refractivity contribution < 1.29 is 5.11 Å². The Kier molecular flexibility index (Phi) is 4.48. The van der Waals surface area contributed by atoms with Crippen molar-refractivity contribution in [2.75, 3.05) is 0 Å². The third kappa shape index (κ3) is 2.72. The van der Waals surface area contributed by atoms with Gasteiger partial charge < -0.3 is 5.11 Å². The van der Waals surface area contributed by atoms with Gasteiger partial charge in [-0.25, -0.2) is 4.68 Å². The second-order valence-corrected chi connectivity index (χ2v) is 5.43. The molecule has 108 valence electrons. The van der Waals surface area contributed by atoms with Crippen LogP contribution in [0.25, 0.3) is 5.69 Å². The Morgan fingerprint density at radius 3 is 2.35 bits per heavy atom. The van der Waals surface area contributed by atoms with E-state index in [1.807, 2.05) is 6.07 Å². The molecule has 0 saturated carbocycles. The summed E-state index contributed by atoms with van der Waals surface area (Å²) in [6.45, 7) is 8.44. The van der Waals surface area contributed by atoms with Gasteiger partial charge in [0.2, 0.25) is 5.88 Å². The van der Waals surface area contributed by atoms with Crippen LogP contribution in [0.1, 0.15) is 49.1 Å². The molecule has 1 N–H and O–H groups in total. The Hall–Kier alpha value is -1.77. The van der Waals surface area contributed by atoms with Gasteiger partial charge in [0.15, 0.2) is 0 Å². The second-order valence-electron chi connectivity index (χ2n) is 5.43. The Balaban J connectivity index is 2.50. The van der Waals surface area contributed by atoms with E-state index in [4.69, 9.17) is 0 Å². The van der Waals surface area contributed by atoms with E-state index in [0.29, 0.717) is 5.88 Å². The Bertz CT molecular complexity index is 599. The summed E-state index contributed by atoms with van der Waals surface area (Å²) in [7, 11) is 0. The van der Waals surface area contributed by atoms with Gasteiger partial charge in [-0.1, -0.05) is 32.8 Å². The number of nitrogens with zero attached hydrogens (tertiary/aromatic N) is 2. The number of benzene rings is 1. The smallest absolute Gasteiger partial charge is 0.217 e. The predicted molar refractivity (Wildman–Crippen MR) is 82.7 cm³/mol. The minimum absolute atomic E-state index is 0.304. The highest BCUT2D eigenvalue weighted by Crippen LogP contribution is 2.27. The van der Waals surface area contributed by atoms with E-state index in [2.05, 4.69) is 44.9 Å². The molecule has 1 aromatic carbocycles. The summed E-state index contributed by atoms with van der Waals surface area (Å²) in [4.78, 5) is 0. The first kappa shape index (κ1) is 14.6. The average Bonchev–Trinajstić information content (AvgIpc) is 2.72. The summed E-state index contributed by atoms with van der Waals surface area (Å²) in [5.41, 5.74) is 5.44. The molecule has 0 amide bonds. The number of hydrogen-bond acceptors (Lipinski definition) is 2. The van der Waals surface area contributed by atoms with Crippen LogP contribution >= 0.6 is 0 Å². The first-order valence-corrected chi connectivity index (χ1v) is 7.45. The summed E-state index contributed by atoms with van der Waals surface area (Å²) >= 11 is 0. The number of hydrogen-bond donors (Lipinski definition) is 1. The van der Waals surface area contributed by atoms with Crippen LogP contribution in [0.5, 0.6) is 5.88 Å². The molecule has 0 radical (unpaired) electrons. The lowest BCUT2D eigenvalue weighted by molar-refractivity contribution is 0.427. The minimum Gasteiger partial charge on any atom is -0.493 e. The van der Waals surface area contributed by atoms with Gasteiger partial charge >= 0.3 is 0 Å². The zero-order valence-corrected chi connectivity index (χ0v) is 12.9. The SMILES string of the molecule is CCCc1nn(-c2ccc(C)c(C)c2)c(O)c1CCC. The highest BCUT2D eigenvalue weighted by Gasteiger charge is 2.17. The van der Waals surface area contributed by atoms with E-state index in [0.717, 1.165) is 42.6 Å². The van der Waals surface area contributed by atoms with Gasteiger partial charge in [-0.15, -0.1) is 0 Å². The van der Waals surface area contributed by atoms with Crippen LogP contribution in [0.4, 0.5) is 0 Å². The summed E-state index contributed by atoms with van der Waals surface area (Å²) < 4.78 is 1.68.